The topological polar surface area (TPSA) is 58.6 Å². The van der Waals surface area contributed by atoms with E-state index in [1.165, 1.54) is 6.42 Å². The number of hydrogen-bond donors (Lipinski definition) is 1. The monoisotopic (exact) mass is 330 g/mol. The van der Waals surface area contributed by atoms with Crippen LogP contribution in [-0.2, 0) is 9.53 Å². The Labute approximate surface area is 143 Å². The normalized spacial score (nSPS) is 24.0. The van der Waals surface area contributed by atoms with E-state index in [2.05, 4.69) is 12.2 Å². The van der Waals surface area contributed by atoms with Crippen molar-refractivity contribution in [3.05, 3.63) is 29.3 Å². The Kier molecular flexibility index (Phi) is 5.19. The van der Waals surface area contributed by atoms with E-state index < -0.39 is 0 Å². The molecule has 2 aliphatic heterocycles. The van der Waals surface area contributed by atoms with Crippen LogP contribution in [0.2, 0.25) is 0 Å². The summed E-state index contributed by atoms with van der Waals surface area (Å²) in [7, 11) is 0. The minimum Gasteiger partial charge on any atom is -0.381 e. The van der Waals surface area contributed by atoms with Crippen LogP contribution in [0.1, 0.15) is 48.5 Å². The fraction of sp³-hybridized carbons (Fsp3) is 0.579. The van der Waals surface area contributed by atoms with Gasteiger partial charge in [0.05, 0.1) is 12.5 Å². The standard InChI is InChI=1S/C19H26N2O3/c1-13-11-15(19(23)21-9-4-3-5-14(21)2)6-7-17(13)20-18(22)16-8-10-24-12-16/h6-7,11,14,16H,3-5,8-10,12H2,1-2H3,(H,20,22)/t14-,16+/m0/s1. The van der Waals surface area contributed by atoms with Gasteiger partial charge in [-0.3, -0.25) is 9.59 Å². The first-order valence-electron chi connectivity index (χ1n) is 8.86. The van der Waals surface area contributed by atoms with Gasteiger partial charge in [0, 0.05) is 30.4 Å². The van der Waals surface area contributed by atoms with Crippen molar-refractivity contribution in [1.82, 2.24) is 4.90 Å². The van der Waals surface area contributed by atoms with E-state index in [1.54, 1.807) is 0 Å². The first-order chi connectivity index (χ1) is 11.6. The van der Waals surface area contributed by atoms with Crippen LogP contribution >= 0.6 is 0 Å². The zero-order valence-electron chi connectivity index (χ0n) is 14.5. The summed E-state index contributed by atoms with van der Waals surface area (Å²) in [5, 5.41) is 2.96. The lowest BCUT2D eigenvalue weighted by Gasteiger charge is -2.33. The van der Waals surface area contributed by atoms with Gasteiger partial charge in [-0.2, -0.15) is 0 Å². The lowest BCUT2D eigenvalue weighted by Crippen LogP contribution is -2.42. The lowest BCUT2D eigenvalue weighted by molar-refractivity contribution is -0.119. The smallest absolute Gasteiger partial charge is 0.254 e. The number of rotatable bonds is 3. The van der Waals surface area contributed by atoms with Crippen molar-refractivity contribution in [3.63, 3.8) is 0 Å². The molecule has 130 valence electrons. The molecule has 2 fully saturated rings. The van der Waals surface area contributed by atoms with Crippen LogP contribution in [0.3, 0.4) is 0 Å². The van der Waals surface area contributed by atoms with Gasteiger partial charge in [0.25, 0.3) is 5.91 Å². The fourth-order valence-electron chi connectivity index (χ4n) is 3.48. The highest BCUT2D eigenvalue weighted by molar-refractivity contribution is 5.97. The molecule has 0 aliphatic carbocycles. The summed E-state index contributed by atoms with van der Waals surface area (Å²) in [4.78, 5) is 26.9. The number of carbonyl (C=O) groups is 2. The van der Waals surface area contributed by atoms with E-state index >= 15 is 0 Å². The van der Waals surface area contributed by atoms with Gasteiger partial charge in [-0.15, -0.1) is 0 Å². The summed E-state index contributed by atoms with van der Waals surface area (Å²) in [5.41, 5.74) is 2.39. The van der Waals surface area contributed by atoms with E-state index in [9.17, 15) is 9.59 Å². The molecule has 2 heterocycles. The molecule has 1 aromatic rings. The molecule has 0 radical (unpaired) electrons. The van der Waals surface area contributed by atoms with Crippen LogP contribution < -0.4 is 5.32 Å². The average molecular weight is 330 g/mol. The summed E-state index contributed by atoms with van der Waals surface area (Å²) in [6.45, 7) is 6.02. The molecular weight excluding hydrogens is 304 g/mol. The van der Waals surface area contributed by atoms with Crippen molar-refractivity contribution in [2.75, 3.05) is 25.1 Å². The number of anilines is 1. The highest BCUT2D eigenvalue weighted by Crippen LogP contribution is 2.23. The highest BCUT2D eigenvalue weighted by atomic mass is 16.5. The molecule has 3 rings (SSSR count). The van der Waals surface area contributed by atoms with Gasteiger partial charge < -0.3 is 15.0 Å². The zero-order valence-corrected chi connectivity index (χ0v) is 14.5. The minimum absolute atomic E-state index is 0.000621. The van der Waals surface area contributed by atoms with Gasteiger partial charge in [-0.05, 0) is 63.3 Å². The number of hydrogen-bond acceptors (Lipinski definition) is 3. The zero-order chi connectivity index (χ0) is 17.1. The Morgan fingerprint density at radius 2 is 2.08 bits per heavy atom. The predicted octanol–water partition coefficient (Wildman–Crippen LogP) is 2.98. The van der Waals surface area contributed by atoms with Crippen LogP contribution in [0, 0.1) is 12.8 Å². The number of likely N-dealkylation sites (tertiary alicyclic amines) is 1. The summed E-state index contributed by atoms with van der Waals surface area (Å²) in [6.07, 6.45) is 4.11. The molecule has 5 heteroatoms. The van der Waals surface area contributed by atoms with Crippen molar-refractivity contribution in [2.45, 2.75) is 45.6 Å². The molecule has 24 heavy (non-hydrogen) atoms. The van der Waals surface area contributed by atoms with Crippen molar-refractivity contribution in [1.29, 1.82) is 0 Å². The fourth-order valence-corrected chi connectivity index (χ4v) is 3.48. The SMILES string of the molecule is Cc1cc(C(=O)N2CCCC[C@@H]2C)ccc1NC(=O)[C@@H]1CCOC1. The van der Waals surface area contributed by atoms with E-state index in [-0.39, 0.29) is 17.7 Å². The Hall–Kier alpha value is -1.88. The molecule has 0 aromatic heterocycles. The number of ether oxygens (including phenoxy) is 1. The maximum absolute atomic E-state index is 12.7. The summed E-state index contributed by atoms with van der Waals surface area (Å²) in [5.74, 6) is 0.0200. The number of carbonyl (C=O) groups excluding carboxylic acids is 2. The molecule has 2 aliphatic rings. The molecule has 0 bridgehead atoms. The maximum Gasteiger partial charge on any atom is 0.254 e. The largest absolute Gasteiger partial charge is 0.381 e. The predicted molar refractivity (Wildman–Crippen MR) is 93.1 cm³/mol. The molecule has 1 aromatic carbocycles. The van der Waals surface area contributed by atoms with Gasteiger partial charge >= 0.3 is 0 Å². The molecule has 0 unspecified atom stereocenters. The molecule has 0 spiro atoms. The van der Waals surface area contributed by atoms with Crippen LogP contribution in [0.25, 0.3) is 0 Å². The summed E-state index contributed by atoms with van der Waals surface area (Å²) in [6, 6.07) is 5.83. The molecule has 2 saturated heterocycles. The van der Waals surface area contributed by atoms with E-state index in [4.69, 9.17) is 4.74 Å². The van der Waals surface area contributed by atoms with Crippen molar-refractivity contribution >= 4 is 17.5 Å². The second-order valence-corrected chi connectivity index (χ2v) is 6.92. The van der Waals surface area contributed by atoms with Crippen LogP contribution in [0.15, 0.2) is 18.2 Å². The Balaban J connectivity index is 1.69. The molecule has 0 saturated carbocycles. The number of amides is 2. The molecular formula is C19H26N2O3. The first-order valence-corrected chi connectivity index (χ1v) is 8.86. The van der Waals surface area contributed by atoms with Crippen molar-refractivity contribution in [3.8, 4) is 0 Å². The van der Waals surface area contributed by atoms with Crippen molar-refractivity contribution < 1.29 is 14.3 Å². The minimum atomic E-state index is -0.0695. The van der Waals surface area contributed by atoms with Crippen LogP contribution in [0.4, 0.5) is 5.69 Å². The number of nitrogens with one attached hydrogen (secondary N) is 1. The number of piperidine rings is 1. The van der Waals surface area contributed by atoms with Gasteiger partial charge in [0.15, 0.2) is 0 Å². The molecule has 1 N–H and O–H groups in total. The molecule has 2 amide bonds. The maximum atomic E-state index is 12.7. The van der Waals surface area contributed by atoms with Crippen LogP contribution in [0.5, 0.6) is 0 Å². The Morgan fingerprint density at radius 3 is 2.75 bits per heavy atom. The van der Waals surface area contributed by atoms with E-state index in [0.717, 1.165) is 37.1 Å². The average Bonchev–Trinajstić information content (AvgIpc) is 3.11. The number of nitrogens with zero attached hydrogens (tertiary/aromatic N) is 1. The van der Waals surface area contributed by atoms with E-state index in [1.807, 2.05) is 30.0 Å². The Bertz CT molecular complexity index is 623. The number of aryl methyl sites for hydroxylation is 1. The second kappa shape index (κ2) is 7.34. The lowest BCUT2D eigenvalue weighted by atomic mass is 10.0. The first kappa shape index (κ1) is 17.0. The van der Waals surface area contributed by atoms with Gasteiger partial charge in [-0.25, -0.2) is 0 Å². The number of benzene rings is 1. The third-order valence-electron chi connectivity index (χ3n) is 5.10. The van der Waals surface area contributed by atoms with Crippen molar-refractivity contribution in [2.24, 2.45) is 5.92 Å². The quantitative estimate of drug-likeness (QED) is 0.927. The summed E-state index contributed by atoms with van der Waals surface area (Å²) >= 11 is 0. The summed E-state index contributed by atoms with van der Waals surface area (Å²) < 4.78 is 5.26. The van der Waals surface area contributed by atoms with E-state index in [0.29, 0.717) is 24.8 Å². The second-order valence-electron chi connectivity index (χ2n) is 6.92. The molecule has 2 atom stereocenters. The third-order valence-corrected chi connectivity index (χ3v) is 5.10. The van der Waals surface area contributed by atoms with Gasteiger partial charge in [0.1, 0.15) is 0 Å². The molecule has 5 nitrogen and oxygen atoms in total. The van der Waals surface area contributed by atoms with Gasteiger partial charge in [-0.1, -0.05) is 0 Å². The highest BCUT2D eigenvalue weighted by Gasteiger charge is 2.26. The van der Waals surface area contributed by atoms with Gasteiger partial charge in [0.2, 0.25) is 5.91 Å². The Morgan fingerprint density at radius 1 is 1.25 bits per heavy atom. The third kappa shape index (κ3) is 3.61. The van der Waals surface area contributed by atoms with Crippen LogP contribution in [-0.4, -0.2) is 42.5 Å².